The molecule has 0 atom stereocenters. The van der Waals surface area contributed by atoms with E-state index >= 15 is 0 Å². The van der Waals surface area contributed by atoms with E-state index < -0.39 is 6.61 Å². The molecule has 1 N–H and O–H groups in total. The summed E-state index contributed by atoms with van der Waals surface area (Å²) in [6.45, 7) is 4.67. The van der Waals surface area contributed by atoms with Gasteiger partial charge in [-0.3, -0.25) is 4.79 Å². The molecule has 1 aromatic carbocycles. The smallest absolute Gasteiger partial charge is 0.387 e. The van der Waals surface area contributed by atoms with Gasteiger partial charge < -0.3 is 15.0 Å². The molecule has 0 radical (unpaired) electrons. The summed E-state index contributed by atoms with van der Waals surface area (Å²) in [6.07, 6.45) is 5.08. The predicted molar refractivity (Wildman–Crippen MR) is 89.4 cm³/mol. The highest BCUT2D eigenvalue weighted by Crippen LogP contribution is 2.17. The van der Waals surface area contributed by atoms with E-state index in [0.29, 0.717) is 18.0 Å². The van der Waals surface area contributed by atoms with Crippen molar-refractivity contribution in [3.05, 3.63) is 42.5 Å². The van der Waals surface area contributed by atoms with Crippen LogP contribution >= 0.6 is 0 Å². The van der Waals surface area contributed by atoms with Gasteiger partial charge in [-0.05, 0) is 62.5 Å². The second kappa shape index (κ2) is 9.37. The summed E-state index contributed by atoms with van der Waals surface area (Å²) < 4.78 is 28.5. The van der Waals surface area contributed by atoms with Gasteiger partial charge in [-0.2, -0.15) is 8.78 Å². The average molecular weight is 338 g/mol. The number of amides is 1. The topological polar surface area (TPSA) is 41.6 Å². The number of piperidine rings is 1. The highest BCUT2D eigenvalue weighted by atomic mass is 19.3. The molecule has 0 aromatic heterocycles. The van der Waals surface area contributed by atoms with E-state index in [2.05, 4.69) is 21.5 Å². The zero-order valence-corrected chi connectivity index (χ0v) is 13.7. The number of nitrogens with zero attached hydrogens (tertiary/aromatic N) is 1. The van der Waals surface area contributed by atoms with Crippen molar-refractivity contribution in [2.75, 3.05) is 26.2 Å². The quantitative estimate of drug-likeness (QED) is 0.740. The summed E-state index contributed by atoms with van der Waals surface area (Å²) in [6, 6.07) is 5.73. The number of halogens is 2. The van der Waals surface area contributed by atoms with Crippen molar-refractivity contribution in [3.8, 4) is 5.75 Å². The molecule has 1 amide bonds. The van der Waals surface area contributed by atoms with Crippen LogP contribution in [0.3, 0.4) is 0 Å². The minimum Gasteiger partial charge on any atom is -0.435 e. The first kappa shape index (κ1) is 18.4. The van der Waals surface area contributed by atoms with E-state index in [4.69, 9.17) is 0 Å². The fourth-order valence-corrected chi connectivity index (χ4v) is 2.81. The van der Waals surface area contributed by atoms with Gasteiger partial charge in [0.2, 0.25) is 0 Å². The minimum atomic E-state index is -2.86. The zero-order valence-electron chi connectivity index (χ0n) is 13.7. The van der Waals surface area contributed by atoms with E-state index in [9.17, 15) is 13.6 Å². The summed E-state index contributed by atoms with van der Waals surface area (Å²) in [5, 5.41) is 2.92. The molecule has 0 spiro atoms. The summed E-state index contributed by atoms with van der Waals surface area (Å²) in [7, 11) is 0. The van der Waals surface area contributed by atoms with Crippen molar-refractivity contribution in [3.63, 3.8) is 0 Å². The Balaban J connectivity index is 1.72. The number of alkyl halides is 2. The van der Waals surface area contributed by atoms with Gasteiger partial charge in [0, 0.05) is 18.7 Å². The third kappa shape index (κ3) is 5.92. The van der Waals surface area contributed by atoms with Gasteiger partial charge in [-0.25, -0.2) is 0 Å². The summed E-state index contributed by atoms with van der Waals surface area (Å²) >= 11 is 0. The lowest BCUT2D eigenvalue weighted by atomic mass is 9.96. The van der Waals surface area contributed by atoms with Crippen molar-refractivity contribution in [1.82, 2.24) is 10.2 Å². The van der Waals surface area contributed by atoms with Gasteiger partial charge >= 0.3 is 6.61 Å². The number of carbonyl (C=O) groups is 1. The van der Waals surface area contributed by atoms with Crippen LogP contribution in [-0.2, 0) is 0 Å². The van der Waals surface area contributed by atoms with E-state index in [1.807, 2.05) is 6.08 Å². The number of carbonyl (C=O) groups excluding carboxylic acids is 1. The molecule has 132 valence electrons. The summed E-state index contributed by atoms with van der Waals surface area (Å²) in [5.41, 5.74) is 0.444. The van der Waals surface area contributed by atoms with Crippen molar-refractivity contribution < 1.29 is 18.3 Å². The number of likely N-dealkylation sites (tertiary alicyclic amines) is 1. The van der Waals surface area contributed by atoms with E-state index in [0.717, 1.165) is 38.9 Å². The molecule has 2 rings (SSSR count). The molecule has 0 aliphatic carbocycles. The maximum atomic E-state index is 12.1. The molecule has 1 aliphatic heterocycles. The lowest BCUT2D eigenvalue weighted by molar-refractivity contribution is -0.0498. The van der Waals surface area contributed by atoms with Gasteiger partial charge in [-0.1, -0.05) is 6.08 Å². The SMILES string of the molecule is C=CCCN1CCC(CNC(=O)c2ccc(OC(F)F)cc2)CC1. The Morgan fingerprint density at radius 3 is 2.58 bits per heavy atom. The van der Waals surface area contributed by atoms with Crippen molar-refractivity contribution in [1.29, 1.82) is 0 Å². The van der Waals surface area contributed by atoms with Crippen LogP contribution in [0.15, 0.2) is 36.9 Å². The third-order valence-electron chi connectivity index (χ3n) is 4.25. The van der Waals surface area contributed by atoms with Crippen LogP contribution in [0.1, 0.15) is 29.6 Å². The first-order chi connectivity index (χ1) is 11.6. The molecule has 24 heavy (non-hydrogen) atoms. The highest BCUT2D eigenvalue weighted by Gasteiger charge is 2.19. The minimum absolute atomic E-state index is 0.0495. The number of hydrogen-bond donors (Lipinski definition) is 1. The Hall–Kier alpha value is -1.95. The fraction of sp³-hybridized carbons (Fsp3) is 0.500. The van der Waals surface area contributed by atoms with Crippen LogP contribution in [-0.4, -0.2) is 43.6 Å². The second-order valence-electron chi connectivity index (χ2n) is 5.98. The molecule has 0 saturated carbocycles. The number of hydrogen-bond acceptors (Lipinski definition) is 3. The lowest BCUT2D eigenvalue weighted by Crippen LogP contribution is -2.38. The molecule has 0 unspecified atom stereocenters. The van der Waals surface area contributed by atoms with Gasteiger partial charge in [0.05, 0.1) is 0 Å². The maximum Gasteiger partial charge on any atom is 0.387 e. The second-order valence-corrected chi connectivity index (χ2v) is 5.98. The number of rotatable bonds is 8. The Labute approximate surface area is 141 Å². The Bertz CT molecular complexity index is 526. The predicted octanol–water partition coefficient (Wildman–Crippen LogP) is 3.31. The number of benzene rings is 1. The molecule has 6 heteroatoms. The third-order valence-corrected chi connectivity index (χ3v) is 4.25. The molecular formula is C18H24F2N2O2. The maximum absolute atomic E-state index is 12.1. The number of nitrogens with one attached hydrogen (secondary N) is 1. The Morgan fingerprint density at radius 1 is 1.33 bits per heavy atom. The van der Waals surface area contributed by atoms with Crippen LogP contribution in [0, 0.1) is 5.92 Å². The van der Waals surface area contributed by atoms with Gasteiger partial charge in [0.1, 0.15) is 5.75 Å². The lowest BCUT2D eigenvalue weighted by Gasteiger charge is -2.31. The van der Waals surface area contributed by atoms with Gasteiger partial charge in [0.15, 0.2) is 0 Å². The van der Waals surface area contributed by atoms with Crippen LogP contribution in [0.4, 0.5) is 8.78 Å². The zero-order chi connectivity index (χ0) is 17.4. The standard InChI is InChI=1S/C18H24F2N2O2/c1-2-3-10-22-11-8-14(9-12-22)13-21-17(23)15-4-6-16(7-5-15)24-18(19)20/h2,4-7,14,18H,1,3,8-13H2,(H,21,23). The van der Waals surface area contributed by atoms with Crippen LogP contribution in [0.2, 0.25) is 0 Å². The van der Waals surface area contributed by atoms with Gasteiger partial charge in [-0.15, -0.1) is 6.58 Å². The largest absolute Gasteiger partial charge is 0.435 e. The monoisotopic (exact) mass is 338 g/mol. The molecule has 4 nitrogen and oxygen atoms in total. The molecule has 1 heterocycles. The Kier molecular flexibility index (Phi) is 7.18. The van der Waals surface area contributed by atoms with E-state index in [-0.39, 0.29) is 11.7 Å². The van der Waals surface area contributed by atoms with E-state index in [1.54, 1.807) is 0 Å². The van der Waals surface area contributed by atoms with Crippen LogP contribution < -0.4 is 10.1 Å². The molecule has 1 aliphatic rings. The van der Waals surface area contributed by atoms with Crippen LogP contribution in [0.5, 0.6) is 5.75 Å². The normalized spacial score (nSPS) is 16.1. The van der Waals surface area contributed by atoms with Crippen LogP contribution in [0.25, 0.3) is 0 Å². The average Bonchev–Trinajstić information content (AvgIpc) is 2.59. The van der Waals surface area contributed by atoms with Crippen molar-refractivity contribution in [2.24, 2.45) is 5.92 Å². The van der Waals surface area contributed by atoms with Gasteiger partial charge in [0.25, 0.3) is 5.91 Å². The van der Waals surface area contributed by atoms with Crippen molar-refractivity contribution in [2.45, 2.75) is 25.9 Å². The van der Waals surface area contributed by atoms with E-state index in [1.165, 1.54) is 24.3 Å². The fourth-order valence-electron chi connectivity index (χ4n) is 2.81. The highest BCUT2D eigenvalue weighted by molar-refractivity contribution is 5.94. The first-order valence-corrected chi connectivity index (χ1v) is 8.25. The molecule has 1 aromatic rings. The summed E-state index contributed by atoms with van der Waals surface area (Å²) in [5.74, 6) is 0.344. The first-order valence-electron chi connectivity index (χ1n) is 8.25. The number of ether oxygens (including phenoxy) is 1. The molecule has 1 fully saturated rings. The van der Waals surface area contributed by atoms with Crippen molar-refractivity contribution >= 4 is 5.91 Å². The molecule has 1 saturated heterocycles. The molecular weight excluding hydrogens is 314 g/mol. The molecule has 0 bridgehead atoms. The summed E-state index contributed by atoms with van der Waals surface area (Å²) in [4.78, 5) is 14.5. The Morgan fingerprint density at radius 2 is 2.00 bits per heavy atom.